The van der Waals surface area contributed by atoms with Crippen LogP contribution in [-0.2, 0) is 19.4 Å². The first-order valence-corrected chi connectivity index (χ1v) is 10.6. The monoisotopic (exact) mass is 396 g/mol. The van der Waals surface area contributed by atoms with Crippen LogP contribution < -0.4 is 19.9 Å². The van der Waals surface area contributed by atoms with Gasteiger partial charge in [0.25, 0.3) is 5.56 Å². The third-order valence-electron chi connectivity index (χ3n) is 6.13. The van der Waals surface area contributed by atoms with Crippen LogP contribution in [0.5, 0.6) is 11.5 Å². The molecule has 29 heavy (non-hydrogen) atoms. The Balaban J connectivity index is 1.23. The summed E-state index contributed by atoms with van der Waals surface area (Å²) in [5.41, 5.74) is 3.11. The minimum absolute atomic E-state index is 0.0324. The lowest BCUT2D eigenvalue weighted by molar-refractivity contribution is 0.174. The summed E-state index contributed by atoms with van der Waals surface area (Å²) in [6.07, 6.45) is 4.17. The van der Waals surface area contributed by atoms with Crippen LogP contribution in [0.4, 0.5) is 5.95 Å². The van der Waals surface area contributed by atoms with Crippen LogP contribution in [0.1, 0.15) is 36.6 Å². The molecular formula is C22H28N4O3. The van der Waals surface area contributed by atoms with E-state index in [9.17, 15) is 4.79 Å². The van der Waals surface area contributed by atoms with Crippen LogP contribution in [0.2, 0.25) is 0 Å². The summed E-state index contributed by atoms with van der Waals surface area (Å²) in [6, 6.07) is 6.19. The molecule has 0 bridgehead atoms. The van der Waals surface area contributed by atoms with Crippen LogP contribution in [-0.4, -0.2) is 47.8 Å². The predicted molar refractivity (Wildman–Crippen MR) is 111 cm³/mol. The van der Waals surface area contributed by atoms with Gasteiger partial charge in [0.15, 0.2) is 11.5 Å². The molecule has 0 amide bonds. The number of nitrogens with zero attached hydrogens (tertiary/aromatic N) is 3. The minimum Gasteiger partial charge on any atom is -0.454 e. The van der Waals surface area contributed by atoms with Crippen molar-refractivity contribution in [2.75, 3.05) is 37.9 Å². The fourth-order valence-electron chi connectivity index (χ4n) is 4.68. The van der Waals surface area contributed by atoms with Gasteiger partial charge in [-0.3, -0.25) is 14.7 Å². The Morgan fingerprint density at radius 1 is 1.17 bits per heavy atom. The van der Waals surface area contributed by atoms with Gasteiger partial charge >= 0.3 is 0 Å². The zero-order valence-electron chi connectivity index (χ0n) is 16.9. The number of anilines is 1. The number of ether oxygens (including phenoxy) is 2. The molecule has 5 rings (SSSR count). The van der Waals surface area contributed by atoms with Crippen molar-refractivity contribution in [2.24, 2.45) is 5.92 Å². The number of aromatic nitrogens is 2. The van der Waals surface area contributed by atoms with E-state index in [0.717, 1.165) is 67.7 Å². The molecule has 1 unspecified atom stereocenters. The second-order valence-electron chi connectivity index (χ2n) is 8.49. The van der Waals surface area contributed by atoms with E-state index in [1.54, 1.807) is 0 Å². The highest BCUT2D eigenvalue weighted by Crippen LogP contribution is 2.33. The van der Waals surface area contributed by atoms with Gasteiger partial charge in [-0.15, -0.1) is 0 Å². The maximum Gasteiger partial charge on any atom is 0.257 e. The second-order valence-corrected chi connectivity index (χ2v) is 8.49. The SMILES string of the molecule is CC(Cc1ccc2c(c1)OCO2)CN1CCc2nc(N3CCCC3)[nH]c(=O)c2C1. The highest BCUT2D eigenvalue weighted by molar-refractivity contribution is 5.44. The molecule has 4 heterocycles. The second kappa shape index (κ2) is 7.71. The largest absolute Gasteiger partial charge is 0.454 e. The molecule has 0 aliphatic carbocycles. The lowest BCUT2D eigenvalue weighted by Crippen LogP contribution is -2.39. The fraction of sp³-hybridized carbons (Fsp3) is 0.545. The highest BCUT2D eigenvalue weighted by atomic mass is 16.7. The first kappa shape index (κ1) is 18.5. The van der Waals surface area contributed by atoms with Crippen molar-refractivity contribution in [1.82, 2.24) is 14.9 Å². The van der Waals surface area contributed by atoms with Crippen LogP contribution >= 0.6 is 0 Å². The van der Waals surface area contributed by atoms with Crippen molar-refractivity contribution < 1.29 is 9.47 Å². The van der Waals surface area contributed by atoms with Gasteiger partial charge in [0, 0.05) is 39.1 Å². The Morgan fingerprint density at radius 3 is 2.86 bits per heavy atom. The van der Waals surface area contributed by atoms with E-state index in [1.165, 1.54) is 18.4 Å². The molecule has 1 aromatic carbocycles. The van der Waals surface area contributed by atoms with E-state index in [1.807, 2.05) is 6.07 Å². The molecule has 0 spiro atoms. The zero-order chi connectivity index (χ0) is 19.8. The lowest BCUT2D eigenvalue weighted by atomic mass is 9.98. The number of aromatic amines is 1. The summed E-state index contributed by atoms with van der Waals surface area (Å²) in [7, 11) is 0. The highest BCUT2D eigenvalue weighted by Gasteiger charge is 2.24. The molecule has 0 radical (unpaired) electrons. The first-order valence-electron chi connectivity index (χ1n) is 10.6. The van der Waals surface area contributed by atoms with Crippen molar-refractivity contribution in [3.63, 3.8) is 0 Å². The molecule has 3 aliphatic heterocycles. The van der Waals surface area contributed by atoms with Crippen LogP contribution in [0, 0.1) is 5.92 Å². The Kier molecular flexibility index (Phi) is 4.91. The number of nitrogens with one attached hydrogen (secondary N) is 1. The summed E-state index contributed by atoms with van der Waals surface area (Å²) < 4.78 is 10.9. The van der Waals surface area contributed by atoms with Crippen LogP contribution in [0.3, 0.4) is 0 Å². The molecular weight excluding hydrogens is 368 g/mol. The summed E-state index contributed by atoms with van der Waals surface area (Å²) in [4.78, 5) is 25.1. The molecule has 154 valence electrons. The van der Waals surface area contributed by atoms with E-state index < -0.39 is 0 Å². The normalized spacial score (nSPS) is 19.4. The van der Waals surface area contributed by atoms with Gasteiger partial charge in [-0.05, 0) is 42.9 Å². The minimum atomic E-state index is 0.0324. The van der Waals surface area contributed by atoms with Gasteiger partial charge in [0.2, 0.25) is 12.7 Å². The van der Waals surface area contributed by atoms with Gasteiger partial charge in [0.1, 0.15) is 0 Å². The van der Waals surface area contributed by atoms with E-state index in [-0.39, 0.29) is 5.56 Å². The molecule has 1 saturated heterocycles. The van der Waals surface area contributed by atoms with E-state index >= 15 is 0 Å². The van der Waals surface area contributed by atoms with Gasteiger partial charge in [-0.25, -0.2) is 4.98 Å². The topological polar surface area (TPSA) is 70.7 Å². The fourth-order valence-corrected chi connectivity index (χ4v) is 4.68. The summed E-state index contributed by atoms with van der Waals surface area (Å²) in [5.74, 6) is 2.91. The standard InChI is InChI=1S/C22H28N4O3/c1-15(10-16-4-5-19-20(11-16)29-14-28-19)12-25-9-6-18-17(13-25)21(27)24-22(23-18)26-7-2-3-8-26/h4-5,11,15H,2-3,6-10,12-14H2,1H3,(H,23,24,27). The van der Waals surface area contributed by atoms with Crippen molar-refractivity contribution in [2.45, 2.75) is 39.2 Å². The Bertz CT molecular complexity index is 952. The van der Waals surface area contributed by atoms with Crippen molar-refractivity contribution in [1.29, 1.82) is 0 Å². The molecule has 1 atom stereocenters. The average molecular weight is 396 g/mol. The zero-order valence-corrected chi connectivity index (χ0v) is 16.9. The third kappa shape index (κ3) is 3.83. The van der Waals surface area contributed by atoms with Gasteiger partial charge < -0.3 is 14.4 Å². The molecule has 1 aromatic heterocycles. The van der Waals surface area contributed by atoms with E-state index in [2.05, 4.69) is 33.8 Å². The molecule has 7 nitrogen and oxygen atoms in total. The summed E-state index contributed by atoms with van der Waals surface area (Å²) in [5, 5.41) is 0. The summed E-state index contributed by atoms with van der Waals surface area (Å²) in [6.45, 7) is 7.15. The number of fused-ring (bicyclic) bond motifs is 2. The molecule has 1 fully saturated rings. The van der Waals surface area contributed by atoms with Crippen molar-refractivity contribution >= 4 is 5.95 Å². The molecule has 2 aromatic rings. The smallest absolute Gasteiger partial charge is 0.257 e. The maximum absolute atomic E-state index is 12.7. The number of hydrogen-bond donors (Lipinski definition) is 1. The van der Waals surface area contributed by atoms with Gasteiger partial charge in [-0.2, -0.15) is 0 Å². The number of hydrogen-bond acceptors (Lipinski definition) is 6. The average Bonchev–Trinajstić information content (AvgIpc) is 3.40. The van der Waals surface area contributed by atoms with E-state index in [4.69, 9.17) is 14.5 Å². The predicted octanol–water partition coefficient (Wildman–Crippen LogP) is 2.34. The van der Waals surface area contributed by atoms with Crippen molar-refractivity contribution in [3.8, 4) is 11.5 Å². The van der Waals surface area contributed by atoms with Crippen molar-refractivity contribution in [3.05, 3.63) is 45.4 Å². The van der Waals surface area contributed by atoms with Gasteiger partial charge in [0.05, 0.1) is 11.3 Å². The summed E-state index contributed by atoms with van der Waals surface area (Å²) >= 11 is 0. The maximum atomic E-state index is 12.7. The first-order chi connectivity index (χ1) is 14.2. The molecule has 3 aliphatic rings. The van der Waals surface area contributed by atoms with Gasteiger partial charge in [-0.1, -0.05) is 13.0 Å². The molecule has 0 saturated carbocycles. The third-order valence-corrected chi connectivity index (χ3v) is 6.13. The lowest BCUT2D eigenvalue weighted by Gasteiger charge is -2.30. The number of H-pyrrole nitrogens is 1. The Labute approximate surface area is 170 Å². The Morgan fingerprint density at radius 2 is 2.00 bits per heavy atom. The van der Waals surface area contributed by atoms with Crippen LogP contribution in [0.15, 0.2) is 23.0 Å². The number of rotatable bonds is 5. The van der Waals surface area contributed by atoms with Crippen LogP contribution in [0.25, 0.3) is 0 Å². The quantitative estimate of drug-likeness (QED) is 0.837. The van der Waals surface area contributed by atoms with E-state index in [0.29, 0.717) is 19.3 Å². The Hall–Kier alpha value is -2.54. The molecule has 7 heteroatoms. The number of benzene rings is 1. The molecule has 1 N–H and O–H groups in total.